The summed E-state index contributed by atoms with van der Waals surface area (Å²) in [5.74, 6) is 1.03. The Kier molecular flexibility index (Phi) is 4.50. The SMILES string of the molecule is CSCCN1C(C)=CC(=C(C#N)C#N)c2ccccc21. The number of anilines is 1. The largest absolute Gasteiger partial charge is 0.344 e. The average Bonchev–Trinajstić information content (AvgIpc) is 2.48. The third-order valence-electron chi connectivity index (χ3n) is 3.28. The van der Waals surface area contributed by atoms with Crippen LogP contribution in [0.4, 0.5) is 5.69 Å². The molecule has 1 aromatic rings. The first-order chi connectivity index (χ1) is 9.72. The van der Waals surface area contributed by atoms with Crippen LogP contribution in [0.2, 0.25) is 0 Å². The third kappa shape index (κ3) is 2.57. The van der Waals surface area contributed by atoms with Crippen molar-refractivity contribution in [3.8, 4) is 12.1 Å². The van der Waals surface area contributed by atoms with Crippen LogP contribution < -0.4 is 4.90 Å². The Morgan fingerprint density at radius 2 is 1.95 bits per heavy atom. The van der Waals surface area contributed by atoms with Crippen molar-refractivity contribution >= 4 is 23.0 Å². The van der Waals surface area contributed by atoms with Crippen LogP contribution in [-0.4, -0.2) is 18.6 Å². The Hall–Kier alpha value is -2.17. The predicted molar refractivity (Wildman–Crippen MR) is 84.1 cm³/mol. The zero-order chi connectivity index (χ0) is 14.5. The van der Waals surface area contributed by atoms with E-state index >= 15 is 0 Å². The molecule has 0 N–H and O–H groups in total. The molecule has 0 saturated heterocycles. The minimum atomic E-state index is 0.168. The van der Waals surface area contributed by atoms with E-state index in [1.54, 1.807) is 11.8 Å². The van der Waals surface area contributed by atoms with Crippen molar-refractivity contribution in [1.82, 2.24) is 0 Å². The lowest BCUT2D eigenvalue weighted by atomic mass is 9.94. The molecule has 0 fully saturated rings. The van der Waals surface area contributed by atoms with E-state index in [-0.39, 0.29) is 5.57 Å². The highest BCUT2D eigenvalue weighted by molar-refractivity contribution is 7.98. The molecule has 0 spiro atoms. The van der Waals surface area contributed by atoms with Gasteiger partial charge in [0.2, 0.25) is 0 Å². The molecule has 0 aromatic heterocycles. The molecule has 1 aromatic carbocycles. The van der Waals surface area contributed by atoms with Gasteiger partial charge < -0.3 is 4.90 Å². The van der Waals surface area contributed by atoms with E-state index in [0.29, 0.717) is 0 Å². The summed E-state index contributed by atoms with van der Waals surface area (Å²) in [6, 6.07) is 11.9. The van der Waals surface area contributed by atoms with Gasteiger partial charge in [-0.05, 0) is 25.3 Å². The summed E-state index contributed by atoms with van der Waals surface area (Å²) in [6.07, 6.45) is 4.02. The van der Waals surface area contributed by atoms with Crippen molar-refractivity contribution in [3.05, 3.63) is 47.2 Å². The van der Waals surface area contributed by atoms with Crippen LogP contribution in [-0.2, 0) is 0 Å². The molecule has 1 heterocycles. The molecular formula is C16H15N3S. The molecule has 3 nitrogen and oxygen atoms in total. The summed E-state index contributed by atoms with van der Waals surface area (Å²) in [4.78, 5) is 2.24. The standard InChI is InChI=1S/C16H15N3S/c1-12-9-15(13(10-17)11-18)14-5-3-4-6-16(14)19(12)7-8-20-2/h3-6,9H,7-8H2,1-2H3. The maximum atomic E-state index is 9.12. The van der Waals surface area contributed by atoms with Crippen molar-refractivity contribution in [2.24, 2.45) is 0 Å². The predicted octanol–water partition coefficient (Wildman–Crippen LogP) is 3.57. The van der Waals surface area contributed by atoms with E-state index in [4.69, 9.17) is 10.5 Å². The summed E-state index contributed by atoms with van der Waals surface area (Å²) in [7, 11) is 0. The highest BCUT2D eigenvalue weighted by Gasteiger charge is 2.21. The van der Waals surface area contributed by atoms with Gasteiger partial charge in [-0.3, -0.25) is 0 Å². The first-order valence-electron chi connectivity index (χ1n) is 6.31. The van der Waals surface area contributed by atoms with Gasteiger partial charge in [0.05, 0.1) is 0 Å². The van der Waals surface area contributed by atoms with Gasteiger partial charge >= 0.3 is 0 Å². The van der Waals surface area contributed by atoms with E-state index in [2.05, 4.69) is 11.2 Å². The van der Waals surface area contributed by atoms with Gasteiger partial charge in [0.1, 0.15) is 17.7 Å². The van der Waals surface area contributed by atoms with Crippen molar-refractivity contribution in [1.29, 1.82) is 10.5 Å². The van der Waals surface area contributed by atoms with Gasteiger partial charge in [-0.15, -0.1) is 0 Å². The summed E-state index contributed by atoms with van der Waals surface area (Å²) < 4.78 is 0. The normalized spacial score (nSPS) is 13.1. The number of hydrogen-bond donors (Lipinski definition) is 0. The minimum Gasteiger partial charge on any atom is -0.344 e. The van der Waals surface area contributed by atoms with Crippen LogP contribution in [0.5, 0.6) is 0 Å². The first kappa shape index (κ1) is 14.2. The van der Waals surface area contributed by atoms with Crippen molar-refractivity contribution in [3.63, 3.8) is 0 Å². The number of allylic oxidation sites excluding steroid dienone is 4. The fourth-order valence-corrected chi connectivity index (χ4v) is 2.69. The fraction of sp³-hybridized carbons (Fsp3) is 0.250. The number of nitrogens with zero attached hydrogens (tertiary/aromatic N) is 3. The average molecular weight is 281 g/mol. The van der Waals surface area contributed by atoms with Crippen LogP contribution in [0.3, 0.4) is 0 Å². The van der Waals surface area contributed by atoms with Crippen LogP contribution in [0.25, 0.3) is 5.57 Å². The highest BCUT2D eigenvalue weighted by Crippen LogP contribution is 2.37. The molecule has 0 amide bonds. The van der Waals surface area contributed by atoms with E-state index in [9.17, 15) is 0 Å². The van der Waals surface area contributed by atoms with Crippen molar-refractivity contribution in [2.75, 3.05) is 23.5 Å². The van der Waals surface area contributed by atoms with Gasteiger partial charge in [-0.25, -0.2) is 0 Å². The lowest BCUT2D eigenvalue weighted by Crippen LogP contribution is -2.27. The molecule has 0 unspecified atom stereocenters. The highest BCUT2D eigenvalue weighted by atomic mass is 32.2. The molecule has 0 radical (unpaired) electrons. The number of para-hydroxylation sites is 1. The van der Waals surface area contributed by atoms with E-state index in [1.807, 2.05) is 49.4 Å². The molecule has 0 saturated carbocycles. The second-order valence-corrected chi connectivity index (χ2v) is 5.45. The number of benzene rings is 1. The summed E-state index contributed by atoms with van der Waals surface area (Å²) in [5.41, 5.74) is 3.98. The second kappa shape index (κ2) is 6.32. The Labute approximate surface area is 123 Å². The van der Waals surface area contributed by atoms with Crippen LogP contribution in [0, 0.1) is 22.7 Å². The van der Waals surface area contributed by atoms with Gasteiger partial charge in [-0.2, -0.15) is 22.3 Å². The molecule has 1 aliphatic heterocycles. The zero-order valence-electron chi connectivity index (χ0n) is 11.6. The fourth-order valence-electron chi connectivity index (χ4n) is 2.32. The lowest BCUT2D eigenvalue weighted by Gasteiger charge is -2.32. The molecule has 100 valence electrons. The molecule has 0 bridgehead atoms. The number of hydrogen-bond acceptors (Lipinski definition) is 4. The first-order valence-corrected chi connectivity index (χ1v) is 7.71. The van der Waals surface area contributed by atoms with Gasteiger partial charge in [0, 0.05) is 34.8 Å². The van der Waals surface area contributed by atoms with Gasteiger partial charge in [0.25, 0.3) is 0 Å². The summed E-state index contributed by atoms with van der Waals surface area (Å²) >= 11 is 1.80. The van der Waals surface area contributed by atoms with Gasteiger partial charge in [-0.1, -0.05) is 18.2 Å². The lowest BCUT2D eigenvalue weighted by molar-refractivity contribution is 0.952. The third-order valence-corrected chi connectivity index (χ3v) is 3.87. The maximum Gasteiger partial charge on any atom is 0.137 e. The second-order valence-electron chi connectivity index (χ2n) is 4.46. The Morgan fingerprint density at radius 1 is 1.25 bits per heavy atom. The smallest absolute Gasteiger partial charge is 0.137 e. The van der Waals surface area contributed by atoms with Crippen molar-refractivity contribution < 1.29 is 0 Å². The molecule has 2 rings (SSSR count). The topological polar surface area (TPSA) is 50.8 Å². The van der Waals surface area contributed by atoms with Gasteiger partial charge in [0.15, 0.2) is 0 Å². The summed E-state index contributed by atoms with van der Waals surface area (Å²) in [6.45, 7) is 2.94. The van der Waals surface area contributed by atoms with E-state index < -0.39 is 0 Å². The number of thioether (sulfide) groups is 1. The molecule has 20 heavy (non-hydrogen) atoms. The number of rotatable bonds is 3. The van der Waals surface area contributed by atoms with E-state index in [1.165, 1.54) is 0 Å². The van der Waals surface area contributed by atoms with Crippen LogP contribution >= 0.6 is 11.8 Å². The maximum absolute atomic E-state index is 9.12. The molecule has 0 atom stereocenters. The number of fused-ring (bicyclic) bond motifs is 1. The summed E-state index contributed by atoms with van der Waals surface area (Å²) in [5, 5.41) is 18.2. The van der Waals surface area contributed by atoms with Crippen LogP contribution in [0.15, 0.2) is 41.6 Å². The molecule has 0 aliphatic carbocycles. The quantitative estimate of drug-likeness (QED) is 0.795. The van der Waals surface area contributed by atoms with Crippen LogP contribution in [0.1, 0.15) is 12.5 Å². The Balaban J connectivity index is 2.59. The number of nitriles is 2. The molecule has 4 heteroatoms. The molecule has 1 aliphatic rings. The monoisotopic (exact) mass is 281 g/mol. The Bertz CT molecular complexity index is 643. The Morgan fingerprint density at radius 3 is 2.60 bits per heavy atom. The molecular weight excluding hydrogens is 266 g/mol. The zero-order valence-corrected chi connectivity index (χ0v) is 12.4. The van der Waals surface area contributed by atoms with Crippen molar-refractivity contribution in [2.45, 2.75) is 6.92 Å². The van der Waals surface area contributed by atoms with E-state index in [0.717, 1.165) is 34.8 Å². The minimum absolute atomic E-state index is 0.168.